The van der Waals surface area contributed by atoms with Gasteiger partial charge in [-0.2, -0.15) is 4.98 Å². The van der Waals surface area contributed by atoms with Gasteiger partial charge in [-0.05, 0) is 43.0 Å². The molecule has 1 aliphatic rings. The predicted octanol–water partition coefficient (Wildman–Crippen LogP) is 3.29. The largest absolute Gasteiger partial charge is 0.484 e. The third kappa shape index (κ3) is 4.50. The first kappa shape index (κ1) is 18.2. The van der Waals surface area contributed by atoms with Crippen LogP contribution in [0.1, 0.15) is 44.4 Å². The molecular formula is C18H23FN4O3. The van der Waals surface area contributed by atoms with E-state index in [0.29, 0.717) is 36.5 Å². The van der Waals surface area contributed by atoms with Crippen LogP contribution < -0.4 is 10.1 Å². The Hall–Kier alpha value is -2.64. The van der Waals surface area contributed by atoms with Gasteiger partial charge in [0.2, 0.25) is 0 Å². The molecule has 2 amide bonds. The summed E-state index contributed by atoms with van der Waals surface area (Å²) in [6.07, 6.45) is 1.70. The minimum Gasteiger partial charge on any atom is -0.484 e. The van der Waals surface area contributed by atoms with Gasteiger partial charge in [0.1, 0.15) is 11.6 Å². The summed E-state index contributed by atoms with van der Waals surface area (Å²) in [5, 5.41) is 6.93. The molecule has 7 nitrogen and oxygen atoms in total. The normalized spacial score (nSPS) is 16.9. The Morgan fingerprint density at radius 2 is 2.19 bits per heavy atom. The third-order valence-electron chi connectivity index (χ3n) is 4.13. The molecule has 1 unspecified atom stereocenters. The molecule has 3 rings (SSSR count). The Kier molecular flexibility index (Phi) is 5.70. The highest BCUT2D eigenvalue weighted by Gasteiger charge is 2.33. The maximum absolute atomic E-state index is 12.9. The predicted molar refractivity (Wildman–Crippen MR) is 91.9 cm³/mol. The Morgan fingerprint density at radius 1 is 1.42 bits per heavy atom. The lowest BCUT2D eigenvalue weighted by atomic mass is 10.2. The summed E-state index contributed by atoms with van der Waals surface area (Å²) < 4.78 is 23.6. The first-order chi connectivity index (χ1) is 12.5. The lowest BCUT2D eigenvalue weighted by Crippen LogP contribution is -2.41. The van der Waals surface area contributed by atoms with Crippen molar-refractivity contribution in [1.82, 2.24) is 20.4 Å². The quantitative estimate of drug-likeness (QED) is 0.853. The topological polar surface area (TPSA) is 80.5 Å². The number of urea groups is 1. The molecule has 140 valence electrons. The number of halogens is 1. The van der Waals surface area contributed by atoms with E-state index in [2.05, 4.69) is 15.5 Å². The van der Waals surface area contributed by atoms with E-state index >= 15 is 0 Å². The number of likely N-dealkylation sites (tertiary alicyclic amines) is 1. The average molecular weight is 362 g/mol. The van der Waals surface area contributed by atoms with Crippen molar-refractivity contribution in [3.63, 3.8) is 0 Å². The number of hydrogen-bond donors (Lipinski definition) is 1. The van der Waals surface area contributed by atoms with E-state index in [-0.39, 0.29) is 24.5 Å². The van der Waals surface area contributed by atoms with Crippen molar-refractivity contribution < 1.29 is 18.4 Å². The molecule has 1 aromatic heterocycles. The monoisotopic (exact) mass is 362 g/mol. The molecule has 1 saturated heterocycles. The number of rotatable bonds is 6. The molecule has 1 N–H and O–H groups in total. The zero-order chi connectivity index (χ0) is 18.5. The molecule has 1 atom stereocenters. The Bertz CT molecular complexity index is 732. The van der Waals surface area contributed by atoms with Crippen LogP contribution in [-0.2, 0) is 6.61 Å². The fourth-order valence-corrected chi connectivity index (χ4v) is 2.81. The molecule has 1 aromatic carbocycles. The molecule has 0 spiro atoms. The number of aromatic nitrogens is 2. The summed E-state index contributed by atoms with van der Waals surface area (Å²) in [5.41, 5.74) is 0. The molecule has 0 saturated carbocycles. The Morgan fingerprint density at radius 3 is 2.92 bits per heavy atom. The summed E-state index contributed by atoms with van der Waals surface area (Å²) in [6, 6.07) is 5.41. The summed E-state index contributed by atoms with van der Waals surface area (Å²) in [5.74, 6) is 1.38. The summed E-state index contributed by atoms with van der Waals surface area (Å²) in [7, 11) is 0. The molecular weight excluding hydrogens is 339 g/mol. The molecule has 8 heteroatoms. The van der Waals surface area contributed by atoms with E-state index in [0.717, 1.165) is 12.8 Å². The van der Waals surface area contributed by atoms with Crippen molar-refractivity contribution in [3.05, 3.63) is 41.8 Å². The molecule has 1 aliphatic heterocycles. The van der Waals surface area contributed by atoms with E-state index in [1.54, 1.807) is 4.90 Å². The number of carbonyl (C=O) groups excluding carboxylic acids is 1. The number of carbonyl (C=O) groups is 1. The molecule has 2 aromatic rings. The van der Waals surface area contributed by atoms with Gasteiger partial charge in [-0.1, -0.05) is 19.0 Å². The Balaban J connectivity index is 1.59. The maximum atomic E-state index is 12.9. The highest BCUT2D eigenvalue weighted by Crippen LogP contribution is 2.30. The SMILES string of the molecule is CC(C)CNC(=O)N1CCCC1c1noc(COc2ccc(F)cc2)n1. The van der Waals surface area contributed by atoms with Gasteiger partial charge in [0, 0.05) is 13.1 Å². The molecule has 1 fully saturated rings. The summed E-state index contributed by atoms with van der Waals surface area (Å²) in [6.45, 7) is 5.49. The molecule has 0 radical (unpaired) electrons. The van der Waals surface area contributed by atoms with Crippen LogP contribution in [0.4, 0.5) is 9.18 Å². The average Bonchev–Trinajstić information content (AvgIpc) is 3.28. The number of amides is 2. The lowest BCUT2D eigenvalue weighted by molar-refractivity contribution is 0.188. The van der Waals surface area contributed by atoms with Crippen LogP contribution in [0.25, 0.3) is 0 Å². The zero-order valence-corrected chi connectivity index (χ0v) is 14.9. The highest BCUT2D eigenvalue weighted by molar-refractivity contribution is 5.74. The first-order valence-electron chi connectivity index (χ1n) is 8.78. The second-order valence-electron chi connectivity index (χ2n) is 6.72. The summed E-state index contributed by atoms with van der Waals surface area (Å²) in [4.78, 5) is 18.5. The second kappa shape index (κ2) is 8.16. The van der Waals surface area contributed by atoms with Crippen LogP contribution in [0.5, 0.6) is 5.75 Å². The minimum atomic E-state index is -0.325. The Labute approximate surface area is 151 Å². The van der Waals surface area contributed by atoms with E-state index < -0.39 is 0 Å². The third-order valence-corrected chi connectivity index (χ3v) is 4.13. The van der Waals surface area contributed by atoms with Crippen LogP contribution >= 0.6 is 0 Å². The van der Waals surface area contributed by atoms with Crippen molar-refractivity contribution in [2.75, 3.05) is 13.1 Å². The van der Waals surface area contributed by atoms with Crippen molar-refractivity contribution in [1.29, 1.82) is 0 Å². The van der Waals surface area contributed by atoms with Crippen LogP contribution in [0.3, 0.4) is 0 Å². The van der Waals surface area contributed by atoms with Gasteiger partial charge in [-0.3, -0.25) is 0 Å². The number of ether oxygens (including phenoxy) is 1. The van der Waals surface area contributed by atoms with Crippen LogP contribution in [-0.4, -0.2) is 34.2 Å². The molecule has 0 bridgehead atoms. The standard InChI is InChI=1S/C18H23FN4O3/c1-12(2)10-20-18(24)23-9-3-4-15(23)17-21-16(26-22-17)11-25-14-7-5-13(19)6-8-14/h5-8,12,15H,3-4,9-11H2,1-2H3,(H,20,24). The minimum absolute atomic E-state index is 0.0882. The zero-order valence-electron chi connectivity index (χ0n) is 14.9. The maximum Gasteiger partial charge on any atom is 0.318 e. The number of hydrogen-bond acceptors (Lipinski definition) is 5. The van der Waals surface area contributed by atoms with Gasteiger partial charge in [0.25, 0.3) is 5.89 Å². The second-order valence-corrected chi connectivity index (χ2v) is 6.72. The molecule has 2 heterocycles. The van der Waals surface area contributed by atoms with Crippen molar-refractivity contribution in [2.24, 2.45) is 5.92 Å². The van der Waals surface area contributed by atoms with Gasteiger partial charge >= 0.3 is 6.03 Å². The van der Waals surface area contributed by atoms with Gasteiger partial charge < -0.3 is 19.5 Å². The van der Waals surface area contributed by atoms with Gasteiger partial charge in [-0.15, -0.1) is 0 Å². The number of nitrogens with zero attached hydrogens (tertiary/aromatic N) is 3. The number of benzene rings is 1. The van der Waals surface area contributed by atoms with Gasteiger partial charge in [0.05, 0.1) is 6.04 Å². The fourth-order valence-electron chi connectivity index (χ4n) is 2.81. The van der Waals surface area contributed by atoms with E-state index in [4.69, 9.17) is 9.26 Å². The lowest BCUT2D eigenvalue weighted by Gasteiger charge is -2.23. The van der Waals surface area contributed by atoms with Crippen LogP contribution in [0.2, 0.25) is 0 Å². The van der Waals surface area contributed by atoms with E-state index in [1.165, 1.54) is 24.3 Å². The summed E-state index contributed by atoms with van der Waals surface area (Å²) >= 11 is 0. The molecule has 26 heavy (non-hydrogen) atoms. The van der Waals surface area contributed by atoms with Crippen molar-refractivity contribution >= 4 is 6.03 Å². The molecule has 0 aliphatic carbocycles. The highest BCUT2D eigenvalue weighted by atomic mass is 19.1. The van der Waals surface area contributed by atoms with E-state index in [1.807, 2.05) is 13.8 Å². The van der Waals surface area contributed by atoms with Gasteiger partial charge in [-0.25, -0.2) is 9.18 Å². The fraction of sp³-hybridized carbons (Fsp3) is 0.500. The van der Waals surface area contributed by atoms with Crippen LogP contribution in [0, 0.1) is 11.7 Å². The van der Waals surface area contributed by atoms with E-state index in [9.17, 15) is 9.18 Å². The van der Waals surface area contributed by atoms with Crippen LogP contribution in [0.15, 0.2) is 28.8 Å². The van der Waals surface area contributed by atoms with Crippen molar-refractivity contribution in [2.45, 2.75) is 39.3 Å². The smallest absolute Gasteiger partial charge is 0.318 e. The number of nitrogens with one attached hydrogen (secondary N) is 1. The van der Waals surface area contributed by atoms with Gasteiger partial charge in [0.15, 0.2) is 12.4 Å². The van der Waals surface area contributed by atoms with Crippen molar-refractivity contribution in [3.8, 4) is 5.75 Å². The first-order valence-corrected chi connectivity index (χ1v) is 8.78.